The minimum atomic E-state index is -0.352. The lowest BCUT2D eigenvalue weighted by Gasteiger charge is -2.01. The molecule has 7 nitrogen and oxygen atoms in total. The summed E-state index contributed by atoms with van der Waals surface area (Å²) in [5.41, 5.74) is 2.71. The van der Waals surface area contributed by atoms with Gasteiger partial charge in [0.25, 0.3) is 0 Å². The third-order valence-corrected chi connectivity index (χ3v) is 5.13. The van der Waals surface area contributed by atoms with Gasteiger partial charge in [0.1, 0.15) is 23.8 Å². The third kappa shape index (κ3) is 4.44. The predicted molar refractivity (Wildman–Crippen MR) is 104 cm³/mol. The van der Waals surface area contributed by atoms with Crippen molar-refractivity contribution in [3.8, 4) is 17.2 Å². The van der Waals surface area contributed by atoms with Crippen LogP contribution in [0.25, 0.3) is 21.3 Å². The molecule has 0 fully saturated rings. The van der Waals surface area contributed by atoms with Crippen molar-refractivity contribution in [3.05, 3.63) is 65.1 Å². The number of carbonyl (C=O) groups excluding carboxylic acids is 1. The van der Waals surface area contributed by atoms with E-state index >= 15 is 0 Å². The highest BCUT2D eigenvalue weighted by Crippen LogP contribution is 2.29. The third-order valence-electron chi connectivity index (χ3n) is 4.10. The number of aromatic nitrogens is 3. The van der Waals surface area contributed by atoms with Crippen LogP contribution in [0.4, 0.5) is 4.39 Å². The number of benzene rings is 2. The Labute approximate surface area is 168 Å². The van der Waals surface area contributed by atoms with Crippen molar-refractivity contribution < 1.29 is 13.6 Å². The van der Waals surface area contributed by atoms with Crippen LogP contribution < -0.4 is 5.32 Å². The summed E-state index contributed by atoms with van der Waals surface area (Å²) in [5.74, 6) is -0.0663. The van der Waals surface area contributed by atoms with Gasteiger partial charge in [-0.3, -0.25) is 4.79 Å². The molecular weight excluding hydrogens is 393 g/mol. The Bertz CT molecular complexity index is 1210. The second-order valence-corrected chi connectivity index (χ2v) is 7.29. The molecule has 4 aromatic rings. The van der Waals surface area contributed by atoms with Gasteiger partial charge >= 0.3 is 0 Å². The molecule has 9 heteroatoms. The molecule has 0 aliphatic carbocycles. The Morgan fingerprint density at radius 2 is 1.90 bits per heavy atom. The SMILES string of the molecule is N#CCNC(=O)Cc1nnc(Cc2nc3cc(-c4ccc(F)cc4)ccc3s2)o1. The zero-order valence-corrected chi connectivity index (χ0v) is 15.9. The van der Waals surface area contributed by atoms with Gasteiger partial charge in [-0.25, -0.2) is 9.37 Å². The molecule has 0 radical (unpaired) electrons. The molecule has 4 rings (SSSR count). The number of nitriles is 1. The van der Waals surface area contributed by atoms with Crippen LogP contribution in [-0.2, 0) is 17.6 Å². The number of fused-ring (bicyclic) bond motifs is 1. The Morgan fingerprint density at radius 1 is 1.14 bits per heavy atom. The average Bonchev–Trinajstić information content (AvgIpc) is 3.32. The lowest BCUT2D eigenvalue weighted by atomic mass is 10.1. The van der Waals surface area contributed by atoms with Crippen LogP contribution >= 0.6 is 11.3 Å². The van der Waals surface area contributed by atoms with E-state index in [1.165, 1.54) is 23.5 Å². The van der Waals surface area contributed by atoms with E-state index in [-0.39, 0.29) is 30.6 Å². The molecular formula is C20H14FN5O2S. The van der Waals surface area contributed by atoms with Crippen molar-refractivity contribution in [3.63, 3.8) is 0 Å². The number of thiazole rings is 1. The van der Waals surface area contributed by atoms with Gasteiger partial charge in [-0.2, -0.15) is 5.26 Å². The zero-order chi connectivity index (χ0) is 20.2. The average molecular weight is 407 g/mol. The molecule has 144 valence electrons. The van der Waals surface area contributed by atoms with Crippen LogP contribution in [0.2, 0.25) is 0 Å². The van der Waals surface area contributed by atoms with E-state index in [2.05, 4.69) is 20.5 Å². The van der Waals surface area contributed by atoms with E-state index in [4.69, 9.17) is 9.68 Å². The fourth-order valence-electron chi connectivity index (χ4n) is 2.77. The number of hydrogen-bond acceptors (Lipinski definition) is 7. The molecule has 1 amide bonds. The maximum Gasteiger partial charge on any atom is 0.230 e. The summed E-state index contributed by atoms with van der Waals surface area (Å²) in [5, 5.41) is 19.5. The molecule has 0 atom stereocenters. The normalized spacial score (nSPS) is 10.8. The number of hydrogen-bond donors (Lipinski definition) is 1. The number of nitrogens with one attached hydrogen (secondary N) is 1. The van der Waals surface area contributed by atoms with Gasteiger partial charge in [0, 0.05) is 0 Å². The smallest absolute Gasteiger partial charge is 0.230 e. The van der Waals surface area contributed by atoms with Gasteiger partial charge in [0.2, 0.25) is 17.7 Å². The van der Waals surface area contributed by atoms with Crippen molar-refractivity contribution in [1.29, 1.82) is 5.26 Å². The maximum absolute atomic E-state index is 13.1. The summed E-state index contributed by atoms with van der Waals surface area (Å²) in [6.45, 7) is -0.0640. The van der Waals surface area contributed by atoms with Crippen LogP contribution in [0.1, 0.15) is 16.8 Å². The first-order chi connectivity index (χ1) is 14.1. The van der Waals surface area contributed by atoms with E-state index in [1.807, 2.05) is 24.3 Å². The number of halogens is 1. The fraction of sp³-hybridized carbons (Fsp3) is 0.150. The van der Waals surface area contributed by atoms with E-state index in [0.717, 1.165) is 26.4 Å². The van der Waals surface area contributed by atoms with Gasteiger partial charge in [0.05, 0.1) is 22.7 Å². The summed E-state index contributed by atoms with van der Waals surface area (Å²) in [7, 11) is 0. The molecule has 2 aromatic carbocycles. The van der Waals surface area contributed by atoms with Crippen molar-refractivity contribution >= 4 is 27.5 Å². The summed E-state index contributed by atoms with van der Waals surface area (Å²) in [4.78, 5) is 16.2. The van der Waals surface area contributed by atoms with Gasteiger partial charge < -0.3 is 9.73 Å². The first-order valence-electron chi connectivity index (χ1n) is 8.71. The van der Waals surface area contributed by atoms with Gasteiger partial charge in [-0.15, -0.1) is 21.5 Å². The van der Waals surface area contributed by atoms with E-state index in [9.17, 15) is 9.18 Å². The topological polar surface area (TPSA) is 105 Å². The molecule has 0 aliphatic rings. The second-order valence-electron chi connectivity index (χ2n) is 6.17. The fourth-order valence-corrected chi connectivity index (χ4v) is 3.71. The Hall–Kier alpha value is -3.64. The van der Waals surface area contributed by atoms with Crippen LogP contribution in [0, 0.1) is 17.1 Å². The van der Waals surface area contributed by atoms with Gasteiger partial charge in [-0.1, -0.05) is 18.2 Å². The van der Waals surface area contributed by atoms with E-state index in [1.54, 1.807) is 12.1 Å². The molecule has 0 unspecified atom stereocenters. The molecule has 2 aromatic heterocycles. The van der Waals surface area contributed by atoms with Gasteiger partial charge in [-0.05, 0) is 35.4 Å². The highest BCUT2D eigenvalue weighted by atomic mass is 32.1. The quantitative estimate of drug-likeness (QED) is 0.492. The largest absolute Gasteiger partial charge is 0.424 e. The molecule has 0 spiro atoms. The van der Waals surface area contributed by atoms with E-state index in [0.29, 0.717) is 12.3 Å². The van der Waals surface area contributed by atoms with Crippen LogP contribution in [0.5, 0.6) is 0 Å². The molecule has 0 saturated heterocycles. The molecule has 1 N–H and O–H groups in total. The van der Waals surface area contributed by atoms with Gasteiger partial charge in [0.15, 0.2) is 0 Å². The highest BCUT2D eigenvalue weighted by molar-refractivity contribution is 7.18. The number of rotatable bonds is 6. The summed E-state index contributed by atoms with van der Waals surface area (Å²) >= 11 is 1.52. The Kier molecular flexibility index (Phi) is 5.27. The first-order valence-corrected chi connectivity index (χ1v) is 9.52. The Morgan fingerprint density at radius 3 is 2.69 bits per heavy atom. The first kappa shape index (κ1) is 18.7. The highest BCUT2D eigenvalue weighted by Gasteiger charge is 2.13. The summed E-state index contributed by atoms with van der Waals surface area (Å²) in [6.07, 6.45) is 0.285. The van der Waals surface area contributed by atoms with Crippen LogP contribution in [0.3, 0.4) is 0 Å². The van der Waals surface area contributed by atoms with Crippen LogP contribution in [-0.4, -0.2) is 27.6 Å². The molecule has 0 aliphatic heterocycles. The van der Waals surface area contributed by atoms with Crippen molar-refractivity contribution in [2.24, 2.45) is 0 Å². The van der Waals surface area contributed by atoms with Crippen molar-refractivity contribution in [1.82, 2.24) is 20.5 Å². The van der Waals surface area contributed by atoms with Crippen molar-refractivity contribution in [2.45, 2.75) is 12.8 Å². The number of nitrogens with zero attached hydrogens (tertiary/aromatic N) is 4. The monoisotopic (exact) mass is 407 g/mol. The maximum atomic E-state index is 13.1. The summed E-state index contributed by atoms with van der Waals surface area (Å²) in [6, 6.07) is 14.1. The summed E-state index contributed by atoms with van der Waals surface area (Å²) < 4.78 is 19.6. The second kappa shape index (κ2) is 8.16. The standard InChI is InChI=1S/C20H14FN5O2S/c21-14-4-1-12(2-5-14)13-3-6-16-15(9-13)24-20(29-16)11-19-26-25-18(28-19)10-17(27)23-8-7-22/h1-6,9H,8,10-11H2,(H,23,27). The minimum Gasteiger partial charge on any atom is -0.424 e. The molecule has 29 heavy (non-hydrogen) atoms. The lowest BCUT2D eigenvalue weighted by Crippen LogP contribution is -2.25. The molecule has 2 heterocycles. The van der Waals surface area contributed by atoms with Crippen molar-refractivity contribution in [2.75, 3.05) is 6.54 Å². The number of carbonyl (C=O) groups is 1. The Balaban J connectivity index is 1.48. The molecule has 0 bridgehead atoms. The minimum absolute atomic E-state index is 0.0640. The number of amides is 1. The zero-order valence-electron chi connectivity index (χ0n) is 15.1. The predicted octanol–water partition coefficient (Wildman–Crippen LogP) is 3.26. The lowest BCUT2D eigenvalue weighted by molar-refractivity contribution is -0.120. The molecule has 0 saturated carbocycles. The van der Waals surface area contributed by atoms with Crippen LogP contribution in [0.15, 0.2) is 46.9 Å². The van der Waals surface area contributed by atoms with E-state index < -0.39 is 0 Å².